The molecule has 0 radical (unpaired) electrons. The summed E-state index contributed by atoms with van der Waals surface area (Å²) in [5, 5.41) is 12.1. The van der Waals surface area contributed by atoms with Crippen LogP contribution in [-0.2, 0) is 10.0 Å². The number of benzene rings is 3. The summed E-state index contributed by atoms with van der Waals surface area (Å²) in [5.41, 5.74) is 9.64. The van der Waals surface area contributed by atoms with Crippen LogP contribution in [0, 0.1) is 23.0 Å². The van der Waals surface area contributed by atoms with Gasteiger partial charge in [0.1, 0.15) is 17.7 Å². The highest BCUT2D eigenvalue weighted by Gasteiger charge is 2.37. The molecule has 2 aliphatic rings. The van der Waals surface area contributed by atoms with Gasteiger partial charge in [0.05, 0.1) is 16.5 Å². The zero-order chi connectivity index (χ0) is 26.2. The molecule has 3 aromatic carbocycles. The Labute approximate surface area is 212 Å². The topological polar surface area (TPSA) is 112 Å². The van der Waals surface area contributed by atoms with Crippen molar-refractivity contribution in [1.82, 2.24) is 9.62 Å². The zero-order valence-electron chi connectivity index (χ0n) is 19.4. The van der Waals surface area contributed by atoms with Gasteiger partial charge in [0.15, 0.2) is 5.96 Å². The van der Waals surface area contributed by atoms with Crippen LogP contribution in [-0.4, -0.2) is 31.8 Å². The summed E-state index contributed by atoms with van der Waals surface area (Å²) in [6.07, 6.45) is 1.77. The van der Waals surface area contributed by atoms with Crippen molar-refractivity contribution in [1.29, 1.82) is 5.26 Å². The highest BCUT2D eigenvalue weighted by atomic mass is 32.2. The number of nitriles is 1. The SMILES string of the molecule is N#Cc1ccc(S(=O)(=O)N2CC3=C(NC(N)=NC3c3ccc(F)cc3)/C(=C/c3ccc(F)cc3)C2)cc1. The van der Waals surface area contributed by atoms with Crippen LogP contribution in [0.3, 0.4) is 0 Å². The molecule has 0 amide bonds. The van der Waals surface area contributed by atoms with Crippen LogP contribution >= 0.6 is 0 Å². The number of aliphatic imine (C=N–C) groups is 1. The van der Waals surface area contributed by atoms with E-state index in [2.05, 4.69) is 10.3 Å². The number of hydrogen-bond donors (Lipinski definition) is 2. The number of nitrogens with two attached hydrogens (primary N) is 1. The van der Waals surface area contributed by atoms with E-state index in [1.54, 1.807) is 30.3 Å². The maximum atomic E-state index is 13.7. The number of hydrogen-bond acceptors (Lipinski definition) is 6. The minimum absolute atomic E-state index is 0.00422. The Morgan fingerprint density at radius 1 is 0.973 bits per heavy atom. The second kappa shape index (κ2) is 9.61. The minimum Gasteiger partial charge on any atom is -0.370 e. The predicted molar refractivity (Wildman–Crippen MR) is 135 cm³/mol. The van der Waals surface area contributed by atoms with Gasteiger partial charge in [-0.05, 0) is 76.9 Å². The number of rotatable bonds is 4. The highest BCUT2D eigenvalue weighted by Crippen LogP contribution is 2.38. The fraction of sp³-hybridized carbons (Fsp3) is 0.111. The first kappa shape index (κ1) is 24.4. The van der Waals surface area contributed by atoms with Crippen LogP contribution < -0.4 is 11.1 Å². The highest BCUT2D eigenvalue weighted by molar-refractivity contribution is 7.89. The summed E-state index contributed by atoms with van der Waals surface area (Å²) >= 11 is 0. The average molecular weight is 518 g/mol. The van der Waals surface area contributed by atoms with Gasteiger partial charge >= 0.3 is 0 Å². The molecule has 5 rings (SSSR count). The van der Waals surface area contributed by atoms with Gasteiger partial charge in [-0.2, -0.15) is 9.57 Å². The Morgan fingerprint density at radius 3 is 2.22 bits per heavy atom. The molecular weight excluding hydrogens is 496 g/mol. The van der Waals surface area contributed by atoms with Crippen molar-refractivity contribution in [2.75, 3.05) is 13.1 Å². The molecule has 0 saturated carbocycles. The molecule has 37 heavy (non-hydrogen) atoms. The fourth-order valence-corrected chi connectivity index (χ4v) is 5.78. The first-order valence-corrected chi connectivity index (χ1v) is 12.7. The first-order chi connectivity index (χ1) is 17.7. The van der Waals surface area contributed by atoms with Crippen molar-refractivity contribution in [2.45, 2.75) is 10.9 Å². The van der Waals surface area contributed by atoms with Crippen LogP contribution in [0.1, 0.15) is 22.7 Å². The average Bonchev–Trinajstić information content (AvgIpc) is 2.90. The lowest BCUT2D eigenvalue weighted by Gasteiger charge is -2.37. The third-order valence-electron chi connectivity index (χ3n) is 6.20. The Kier molecular flexibility index (Phi) is 6.33. The molecule has 10 heteroatoms. The summed E-state index contributed by atoms with van der Waals surface area (Å²) in [6, 6.07) is 18.7. The van der Waals surface area contributed by atoms with Gasteiger partial charge in [-0.3, -0.25) is 0 Å². The monoisotopic (exact) mass is 517 g/mol. The van der Waals surface area contributed by atoms with Crippen LogP contribution in [0.4, 0.5) is 8.78 Å². The van der Waals surface area contributed by atoms with E-state index < -0.39 is 21.9 Å². The van der Waals surface area contributed by atoms with E-state index in [1.807, 2.05) is 6.07 Å². The van der Waals surface area contributed by atoms with E-state index in [0.717, 1.165) is 0 Å². The Hall–Kier alpha value is -4.33. The Balaban J connectivity index is 1.63. The van der Waals surface area contributed by atoms with Crippen LogP contribution in [0.5, 0.6) is 0 Å². The van der Waals surface area contributed by atoms with Crippen molar-refractivity contribution in [2.24, 2.45) is 10.7 Å². The first-order valence-electron chi connectivity index (χ1n) is 11.3. The van der Waals surface area contributed by atoms with Gasteiger partial charge in [0.2, 0.25) is 10.0 Å². The van der Waals surface area contributed by atoms with Crippen LogP contribution in [0.15, 0.2) is 99.5 Å². The van der Waals surface area contributed by atoms with Gasteiger partial charge in [-0.15, -0.1) is 0 Å². The van der Waals surface area contributed by atoms with E-state index in [-0.39, 0.29) is 29.8 Å². The molecule has 1 atom stereocenters. The molecule has 2 heterocycles. The van der Waals surface area contributed by atoms with Gasteiger partial charge < -0.3 is 11.1 Å². The largest absolute Gasteiger partial charge is 0.370 e. The van der Waals surface area contributed by atoms with Crippen molar-refractivity contribution in [3.8, 4) is 6.07 Å². The summed E-state index contributed by atoms with van der Waals surface area (Å²) in [4.78, 5) is 4.54. The molecule has 0 bridgehead atoms. The van der Waals surface area contributed by atoms with E-state index in [9.17, 15) is 17.2 Å². The van der Waals surface area contributed by atoms with Crippen molar-refractivity contribution < 1.29 is 17.2 Å². The molecule has 0 saturated heterocycles. The normalized spacial score (nSPS) is 19.1. The minimum atomic E-state index is -3.97. The lowest BCUT2D eigenvalue weighted by molar-refractivity contribution is 0.436. The summed E-state index contributed by atoms with van der Waals surface area (Å²) < 4.78 is 55.8. The summed E-state index contributed by atoms with van der Waals surface area (Å²) in [6.45, 7) is 0.0131. The molecule has 7 nitrogen and oxygen atoms in total. The maximum absolute atomic E-state index is 13.7. The predicted octanol–water partition coefficient (Wildman–Crippen LogP) is 3.84. The molecule has 0 aliphatic carbocycles. The van der Waals surface area contributed by atoms with Gasteiger partial charge in [-0.1, -0.05) is 24.3 Å². The van der Waals surface area contributed by atoms with E-state index in [1.165, 1.54) is 52.8 Å². The number of sulfonamides is 1. The molecule has 3 N–H and O–H groups in total. The number of halogens is 2. The standard InChI is InChI=1S/C27H21F2N5O2S/c28-21-7-1-17(2-8-21)13-20-15-34(37(35,36)23-11-3-18(14-30)4-12-23)16-24-25(32-27(31)33-26(20)24)19-5-9-22(29)10-6-19/h1-13,25H,15-16H2,(H3,31,32,33)/b20-13+. The molecule has 1 unspecified atom stereocenters. The third-order valence-corrected chi connectivity index (χ3v) is 8.01. The van der Waals surface area contributed by atoms with E-state index in [0.29, 0.717) is 33.5 Å². The van der Waals surface area contributed by atoms with Crippen LogP contribution in [0.2, 0.25) is 0 Å². The molecule has 3 aromatic rings. The molecule has 186 valence electrons. The second-order valence-electron chi connectivity index (χ2n) is 8.62. The van der Waals surface area contributed by atoms with E-state index >= 15 is 0 Å². The second-order valence-corrected chi connectivity index (χ2v) is 10.6. The Bertz CT molecular complexity index is 1590. The van der Waals surface area contributed by atoms with Crippen LogP contribution in [0.25, 0.3) is 6.08 Å². The summed E-state index contributed by atoms with van der Waals surface area (Å²) in [7, 11) is -3.97. The smallest absolute Gasteiger partial charge is 0.243 e. The fourth-order valence-electron chi connectivity index (χ4n) is 4.38. The Morgan fingerprint density at radius 2 is 1.59 bits per heavy atom. The molecule has 0 aromatic heterocycles. The number of nitrogens with zero attached hydrogens (tertiary/aromatic N) is 3. The summed E-state index contributed by atoms with van der Waals surface area (Å²) in [5.74, 6) is -0.657. The third kappa shape index (κ3) is 4.87. The lowest BCUT2D eigenvalue weighted by atomic mass is 9.90. The lowest BCUT2D eigenvalue weighted by Crippen LogP contribution is -2.46. The molecule has 2 aliphatic heterocycles. The molecule has 0 spiro atoms. The van der Waals surface area contributed by atoms with Crippen molar-refractivity contribution >= 4 is 22.1 Å². The number of guanidine groups is 1. The quantitative estimate of drug-likeness (QED) is 0.546. The van der Waals surface area contributed by atoms with Gasteiger partial charge in [0, 0.05) is 18.8 Å². The van der Waals surface area contributed by atoms with Gasteiger partial charge in [0.25, 0.3) is 0 Å². The van der Waals surface area contributed by atoms with Gasteiger partial charge in [-0.25, -0.2) is 22.2 Å². The molecular formula is C27H21F2N5O2S. The zero-order valence-corrected chi connectivity index (χ0v) is 20.2. The van der Waals surface area contributed by atoms with Crippen molar-refractivity contribution in [3.63, 3.8) is 0 Å². The van der Waals surface area contributed by atoms with E-state index in [4.69, 9.17) is 11.0 Å². The molecule has 0 fully saturated rings. The van der Waals surface area contributed by atoms with Crippen molar-refractivity contribution in [3.05, 3.63) is 118 Å². The number of nitrogens with one attached hydrogen (secondary N) is 1. The maximum Gasteiger partial charge on any atom is 0.243 e.